The molecule has 0 aliphatic heterocycles. The molecule has 0 unspecified atom stereocenters. The van der Waals surface area contributed by atoms with Gasteiger partial charge in [-0.25, -0.2) is 9.78 Å². The molecule has 0 bridgehead atoms. The van der Waals surface area contributed by atoms with Gasteiger partial charge < -0.3 is 9.84 Å². The standard InChI is InChI=1S/C20H17NO3S/c1-24-16-8-6-15(7-9-16)20(19-21-17(12-25-19)18(22)23)10-13-4-2-3-5-14(13)11-20/h2-9,12H,10-11H2,1H3,(H,22,23). The lowest BCUT2D eigenvalue weighted by molar-refractivity contribution is 0.0691. The second-order valence-electron chi connectivity index (χ2n) is 6.28. The van der Waals surface area contributed by atoms with E-state index in [1.165, 1.54) is 22.5 Å². The zero-order valence-electron chi connectivity index (χ0n) is 13.7. The molecule has 0 saturated carbocycles. The normalized spacial score (nSPS) is 14.9. The zero-order chi connectivity index (χ0) is 17.4. The van der Waals surface area contributed by atoms with Gasteiger partial charge in [-0.3, -0.25) is 0 Å². The molecular weight excluding hydrogens is 334 g/mol. The number of aromatic nitrogens is 1. The van der Waals surface area contributed by atoms with E-state index in [1.807, 2.05) is 24.3 Å². The van der Waals surface area contributed by atoms with Crippen LogP contribution in [0.5, 0.6) is 5.75 Å². The third-order valence-electron chi connectivity index (χ3n) is 4.88. The maximum absolute atomic E-state index is 11.3. The summed E-state index contributed by atoms with van der Waals surface area (Å²) in [4.78, 5) is 15.8. The maximum atomic E-state index is 11.3. The number of carboxylic acids is 1. The van der Waals surface area contributed by atoms with E-state index in [-0.39, 0.29) is 11.1 Å². The van der Waals surface area contributed by atoms with E-state index >= 15 is 0 Å². The van der Waals surface area contributed by atoms with Gasteiger partial charge in [0.2, 0.25) is 0 Å². The molecule has 3 aromatic rings. The van der Waals surface area contributed by atoms with Crippen molar-refractivity contribution in [2.75, 3.05) is 7.11 Å². The van der Waals surface area contributed by atoms with Crippen LogP contribution in [0.2, 0.25) is 0 Å². The smallest absolute Gasteiger partial charge is 0.355 e. The van der Waals surface area contributed by atoms with Gasteiger partial charge in [-0.1, -0.05) is 36.4 Å². The summed E-state index contributed by atoms with van der Waals surface area (Å²) in [6.07, 6.45) is 1.64. The van der Waals surface area contributed by atoms with Gasteiger partial charge in [0.05, 0.1) is 12.5 Å². The number of rotatable bonds is 4. The zero-order valence-corrected chi connectivity index (χ0v) is 14.5. The quantitative estimate of drug-likeness (QED) is 0.774. The lowest BCUT2D eigenvalue weighted by Gasteiger charge is -2.27. The molecule has 4 rings (SSSR count). The van der Waals surface area contributed by atoms with E-state index in [9.17, 15) is 9.90 Å². The van der Waals surface area contributed by atoms with Crippen LogP contribution < -0.4 is 4.74 Å². The van der Waals surface area contributed by atoms with Crippen molar-refractivity contribution in [3.05, 3.63) is 81.3 Å². The summed E-state index contributed by atoms with van der Waals surface area (Å²) in [6, 6.07) is 16.4. The van der Waals surface area contributed by atoms with Gasteiger partial charge in [-0.2, -0.15) is 0 Å². The Morgan fingerprint density at radius 3 is 2.28 bits per heavy atom. The van der Waals surface area contributed by atoms with Gasteiger partial charge in [0, 0.05) is 5.38 Å². The van der Waals surface area contributed by atoms with E-state index in [2.05, 4.69) is 29.2 Å². The van der Waals surface area contributed by atoms with Crippen molar-refractivity contribution >= 4 is 17.3 Å². The number of thiazole rings is 1. The summed E-state index contributed by atoms with van der Waals surface area (Å²) in [5.41, 5.74) is 3.52. The summed E-state index contributed by atoms with van der Waals surface area (Å²) in [5.74, 6) is -0.178. The van der Waals surface area contributed by atoms with Crippen LogP contribution in [0.25, 0.3) is 0 Å². The predicted molar refractivity (Wildman–Crippen MR) is 96.7 cm³/mol. The highest BCUT2D eigenvalue weighted by Crippen LogP contribution is 2.46. The maximum Gasteiger partial charge on any atom is 0.355 e. The molecule has 1 aromatic heterocycles. The SMILES string of the molecule is COc1ccc(C2(c3nc(C(=O)O)cs3)Cc3ccccc3C2)cc1. The fourth-order valence-corrected chi connectivity index (χ4v) is 4.61. The minimum Gasteiger partial charge on any atom is -0.497 e. The van der Waals surface area contributed by atoms with Crippen molar-refractivity contribution < 1.29 is 14.6 Å². The number of carbonyl (C=O) groups is 1. The molecule has 1 N–H and O–H groups in total. The monoisotopic (exact) mass is 351 g/mol. The van der Waals surface area contributed by atoms with Crippen molar-refractivity contribution in [2.45, 2.75) is 18.3 Å². The summed E-state index contributed by atoms with van der Waals surface area (Å²) in [6.45, 7) is 0. The number of aromatic carboxylic acids is 1. The lowest BCUT2D eigenvalue weighted by Crippen LogP contribution is -2.28. The van der Waals surface area contributed by atoms with Gasteiger partial charge in [-0.15, -0.1) is 11.3 Å². The predicted octanol–water partition coefficient (Wildman–Crippen LogP) is 3.93. The van der Waals surface area contributed by atoms with Gasteiger partial charge in [0.25, 0.3) is 0 Å². The van der Waals surface area contributed by atoms with Crippen LogP contribution in [-0.2, 0) is 18.3 Å². The van der Waals surface area contributed by atoms with Crippen LogP contribution in [0.4, 0.5) is 0 Å². The Labute approximate surface area is 149 Å². The number of fused-ring (bicyclic) bond motifs is 1. The van der Waals surface area contributed by atoms with E-state index in [0.717, 1.165) is 29.2 Å². The van der Waals surface area contributed by atoms with Crippen molar-refractivity contribution in [3.63, 3.8) is 0 Å². The van der Waals surface area contributed by atoms with Gasteiger partial charge >= 0.3 is 5.97 Å². The molecule has 126 valence electrons. The number of methoxy groups -OCH3 is 1. The molecule has 25 heavy (non-hydrogen) atoms. The van der Waals surface area contributed by atoms with E-state index in [0.29, 0.717) is 0 Å². The number of ether oxygens (including phenoxy) is 1. The topological polar surface area (TPSA) is 59.4 Å². The molecule has 1 aliphatic carbocycles. The molecule has 1 heterocycles. The average Bonchev–Trinajstić information content (AvgIpc) is 3.27. The molecule has 0 saturated heterocycles. The average molecular weight is 351 g/mol. The van der Waals surface area contributed by atoms with Crippen LogP contribution in [0.15, 0.2) is 53.9 Å². The van der Waals surface area contributed by atoms with Crippen molar-refractivity contribution in [1.82, 2.24) is 4.98 Å². The first-order valence-corrected chi connectivity index (χ1v) is 8.91. The van der Waals surface area contributed by atoms with Crippen molar-refractivity contribution in [2.24, 2.45) is 0 Å². The van der Waals surface area contributed by atoms with Crippen molar-refractivity contribution in [1.29, 1.82) is 0 Å². The first-order chi connectivity index (χ1) is 12.1. The van der Waals surface area contributed by atoms with Gasteiger partial charge in [-0.05, 0) is 41.7 Å². The van der Waals surface area contributed by atoms with Gasteiger partial charge in [0.15, 0.2) is 5.69 Å². The third kappa shape index (κ3) is 2.61. The molecule has 0 radical (unpaired) electrons. The fraction of sp³-hybridized carbons (Fsp3) is 0.200. The Balaban J connectivity index is 1.85. The second kappa shape index (κ2) is 6.01. The first-order valence-electron chi connectivity index (χ1n) is 8.03. The number of carboxylic acid groups (broad SMARTS) is 1. The summed E-state index contributed by atoms with van der Waals surface area (Å²) >= 11 is 1.43. The molecule has 0 atom stereocenters. The Kier molecular flexibility index (Phi) is 3.81. The Morgan fingerprint density at radius 1 is 1.12 bits per heavy atom. The highest BCUT2D eigenvalue weighted by Gasteiger charge is 2.43. The molecular formula is C20H17NO3S. The third-order valence-corrected chi connectivity index (χ3v) is 5.92. The van der Waals surface area contributed by atoms with Crippen LogP contribution in [0.3, 0.4) is 0 Å². The summed E-state index contributed by atoms with van der Waals surface area (Å²) in [5, 5.41) is 11.7. The second-order valence-corrected chi connectivity index (χ2v) is 7.13. The van der Waals surface area contributed by atoms with Gasteiger partial charge in [0.1, 0.15) is 10.8 Å². The number of benzene rings is 2. The van der Waals surface area contributed by atoms with Crippen LogP contribution in [0.1, 0.15) is 32.2 Å². The minimum atomic E-state index is -0.983. The van der Waals surface area contributed by atoms with Crippen LogP contribution >= 0.6 is 11.3 Å². The fourth-order valence-electron chi connectivity index (χ4n) is 3.60. The molecule has 0 amide bonds. The molecule has 0 fully saturated rings. The number of nitrogens with zero attached hydrogens (tertiary/aromatic N) is 1. The number of hydrogen-bond acceptors (Lipinski definition) is 4. The Hall–Kier alpha value is -2.66. The summed E-state index contributed by atoms with van der Waals surface area (Å²) < 4.78 is 5.28. The largest absolute Gasteiger partial charge is 0.497 e. The minimum absolute atomic E-state index is 0.115. The molecule has 5 heteroatoms. The summed E-state index contributed by atoms with van der Waals surface area (Å²) in [7, 11) is 1.65. The highest BCUT2D eigenvalue weighted by atomic mass is 32.1. The molecule has 2 aromatic carbocycles. The van der Waals surface area contributed by atoms with E-state index in [4.69, 9.17) is 4.74 Å². The highest BCUT2D eigenvalue weighted by molar-refractivity contribution is 7.10. The van der Waals surface area contributed by atoms with Crippen LogP contribution in [-0.4, -0.2) is 23.2 Å². The first kappa shape index (κ1) is 15.8. The molecule has 1 aliphatic rings. The Bertz CT molecular complexity index is 905. The Morgan fingerprint density at radius 2 is 1.76 bits per heavy atom. The van der Waals surface area contributed by atoms with E-state index in [1.54, 1.807) is 12.5 Å². The molecule has 0 spiro atoms. The molecule has 4 nitrogen and oxygen atoms in total. The number of hydrogen-bond donors (Lipinski definition) is 1. The van der Waals surface area contributed by atoms with Crippen molar-refractivity contribution in [3.8, 4) is 5.75 Å². The lowest BCUT2D eigenvalue weighted by atomic mass is 9.78. The van der Waals surface area contributed by atoms with E-state index < -0.39 is 5.97 Å². The van der Waals surface area contributed by atoms with Crippen LogP contribution in [0, 0.1) is 0 Å².